The van der Waals surface area contributed by atoms with Crippen LogP contribution >= 0.6 is 11.6 Å². The fraction of sp³-hybridized carbons (Fsp3) is 0.273. The minimum absolute atomic E-state index is 0.0252. The van der Waals surface area contributed by atoms with Crippen LogP contribution in [0.2, 0.25) is 5.02 Å². The number of carbonyl (C=O) groups excluding carboxylic acids is 2. The number of nitrogens with zero attached hydrogens (tertiary/aromatic N) is 1. The summed E-state index contributed by atoms with van der Waals surface area (Å²) in [5.41, 5.74) is -0.136. The van der Waals surface area contributed by atoms with Gasteiger partial charge in [0.05, 0.1) is 43.0 Å². The van der Waals surface area contributed by atoms with Crippen LogP contribution < -0.4 is 9.47 Å². The van der Waals surface area contributed by atoms with Gasteiger partial charge in [-0.3, -0.25) is 9.59 Å². The van der Waals surface area contributed by atoms with Gasteiger partial charge in [0.15, 0.2) is 0 Å². The van der Waals surface area contributed by atoms with Crippen LogP contribution in [0.1, 0.15) is 17.2 Å². The molecule has 1 fully saturated rings. The van der Waals surface area contributed by atoms with Crippen LogP contribution in [0.15, 0.2) is 42.0 Å². The lowest BCUT2D eigenvalue weighted by molar-refractivity contribution is -0.140. The zero-order valence-electron chi connectivity index (χ0n) is 17.1. The Bertz CT molecular complexity index is 1050. The quantitative estimate of drug-likeness (QED) is 0.395. The van der Waals surface area contributed by atoms with Gasteiger partial charge in [-0.1, -0.05) is 29.8 Å². The maximum absolute atomic E-state index is 14.7. The molecule has 164 valence electrons. The number of benzene rings is 2. The van der Waals surface area contributed by atoms with Gasteiger partial charge < -0.3 is 24.2 Å². The van der Waals surface area contributed by atoms with Crippen LogP contribution in [-0.4, -0.2) is 56.2 Å². The molecule has 1 amide bonds. The third-order valence-electron chi connectivity index (χ3n) is 5.01. The molecule has 1 atom stereocenters. The van der Waals surface area contributed by atoms with Gasteiger partial charge >= 0.3 is 0 Å². The van der Waals surface area contributed by atoms with Crippen molar-refractivity contribution in [3.05, 3.63) is 63.9 Å². The van der Waals surface area contributed by atoms with Crippen molar-refractivity contribution in [2.24, 2.45) is 0 Å². The normalized spacial score (nSPS) is 17.8. The Balaban J connectivity index is 2.26. The molecule has 2 aromatic carbocycles. The fourth-order valence-electron chi connectivity index (χ4n) is 3.51. The van der Waals surface area contributed by atoms with Gasteiger partial charge in [-0.15, -0.1) is 0 Å². The number of hydrogen-bond acceptors (Lipinski definition) is 6. The summed E-state index contributed by atoms with van der Waals surface area (Å²) in [6.07, 6.45) is 0. The standard InChI is InChI=1S/C22H21ClFNO6/c1-29-9-8-25-19(12-6-4-5-7-15(12)24)18(21(27)22(25)28)20(26)13-10-14(23)17(31-3)11-16(13)30-2/h4-7,10-11,19,26H,8-9H2,1-3H3/b20-18+. The minimum atomic E-state index is -1.15. The van der Waals surface area contributed by atoms with Crippen molar-refractivity contribution in [1.29, 1.82) is 0 Å². The molecule has 7 nitrogen and oxygen atoms in total. The first-order chi connectivity index (χ1) is 14.8. The Morgan fingerprint density at radius 3 is 2.42 bits per heavy atom. The van der Waals surface area contributed by atoms with E-state index >= 15 is 0 Å². The molecule has 1 aliphatic rings. The second-order valence-electron chi connectivity index (χ2n) is 6.69. The summed E-state index contributed by atoms with van der Waals surface area (Å²) in [4.78, 5) is 26.8. The maximum Gasteiger partial charge on any atom is 0.295 e. The number of amides is 1. The van der Waals surface area contributed by atoms with Gasteiger partial charge in [0, 0.05) is 25.3 Å². The predicted molar refractivity (Wildman–Crippen MR) is 112 cm³/mol. The van der Waals surface area contributed by atoms with E-state index in [1.807, 2.05) is 0 Å². The van der Waals surface area contributed by atoms with Gasteiger partial charge in [0.1, 0.15) is 23.1 Å². The highest BCUT2D eigenvalue weighted by molar-refractivity contribution is 6.46. The second kappa shape index (κ2) is 9.36. The van der Waals surface area contributed by atoms with Gasteiger partial charge in [-0.05, 0) is 12.1 Å². The number of ether oxygens (including phenoxy) is 3. The van der Waals surface area contributed by atoms with Gasteiger partial charge in [-0.2, -0.15) is 0 Å². The first-order valence-corrected chi connectivity index (χ1v) is 9.67. The number of likely N-dealkylation sites (tertiary alicyclic amines) is 1. The van der Waals surface area contributed by atoms with E-state index in [4.69, 9.17) is 25.8 Å². The van der Waals surface area contributed by atoms with Crippen molar-refractivity contribution in [1.82, 2.24) is 4.90 Å². The number of methoxy groups -OCH3 is 3. The van der Waals surface area contributed by atoms with E-state index in [-0.39, 0.29) is 40.6 Å². The van der Waals surface area contributed by atoms with Crippen molar-refractivity contribution in [3.63, 3.8) is 0 Å². The van der Waals surface area contributed by atoms with Crippen molar-refractivity contribution >= 4 is 29.1 Å². The number of rotatable bonds is 7. The lowest BCUT2D eigenvalue weighted by Crippen LogP contribution is -2.33. The number of Topliss-reactive ketones (excluding diaryl/α,β-unsaturated/α-hetero) is 1. The smallest absolute Gasteiger partial charge is 0.295 e. The van der Waals surface area contributed by atoms with Crippen LogP contribution in [0.4, 0.5) is 4.39 Å². The first kappa shape index (κ1) is 22.6. The molecule has 1 unspecified atom stereocenters. The average Bonchev–Trinajstić information content (AvgIpc) is 3.01. The van der Waals surface area contributed by atoms with E-state index in [2.05, 4.69) is 0 Å². The molecule has 31 heavy (non-hydrogen) atoms. The SMILES string of the molecule is COCCN1C(=O)C(=O)/C(=C(/O)c2cc(Cl)c(OC)cc2OC)C1c1ccccc1F. The summed E-state index contributed by atoms with van der Waals surface area (Å²) in [6.45, 7) is 0.146. The summed E-state index contributed by atoms with van der Waals surface area (Å²) >= 11 is 6.20. The highest BCUT2D eigenvalue weighted by Gasteiger charge is 2.47. The van der Waals surface area contributed by atoms with E-state index in [1.54, 1.807) is 6.07 Å². The van der Waals surface area contributed by atoms with Crippen molar-refractivity contribution in [2.75, 3.05) is 34.5 Å². The molecule has 1 aliphatic heterocycles. The molecule has 2 aromatic rings. The second-order valence-corrected chi connectivity index (χ2v) is 7.10. The zero-order valence-corrected chi connectivity index (χ0v) is 17.9. The van der Waals surface area contributed by atoms with E-state index in [1.165, 1.54) is 56.6 Å². The Morgan fingerprint density at radius 1 is 1.13 bits per heavy atom. The number of halogens is 2. The summed E-state index contributed by atoms with van der Waals surface area (Å²) < 4.78 is 30.2. The average molecular weight is 450 g/mol. The van der Waals surface area contributed by atoms with Crippen LogP contribution in [0.25, 0.3) is 5.76 Å². The number of ketones is 1. The molecule has 0 bridgehead atoms. The largest absolute Gasteiger partial charge is 0.507 e. The van der Waals surface area contributed by atoms with Gasteiger partial charge in [0.25, 0.3) is 11.7 Å². The summed E-state index contributed by atoms with van der Waals surface area (Å²) in [6, 6.07) is 7.40. The number of carbonyl (C=O) groups is 2. The maximum atomic E-state index is 14.7. The minimum Gasteiger partial charge on any atom is -0.507 e. The summed E-state index contributed by atoms with van der Waals surface area (Å²) in [7, 11) is 4.23. The number of hydrogen-bond donors (Lipinski definition) is 1. The molecular weight excluding hydrogens is 429 g/mol. The Kier molecular flexibility index (Phi) is 6.82. The molecule has 0 radical (unpaired) electrons. The zero-order chi connectivity index (χ0) is 22.7. The molecular formula is C22H21ClFNO6. The van der Waals surface area contributed by atoms with E-state index in [0.717, 1.165) is 0 Å². The molecule has 0 saturated carbocycles. The van der Waals surface area contributed by atoms with Crippen molar-refractivity contribution < 1.29 is 33.3 Å². The number of aliphatic hydroxyl groups excluding tert-OH is 1. The predicted octanol–water partition coefficient (Wildman–Crippen LogP) is 3.56. The summed E-state index contributed by atoms with van der Waals surface area (Å²) in [5.74, 6) is -2.52. The monoisotopic (exact) mass is 449 g/mol. The lowest BCUT2D eigenvalue weighted by Gasteiger charge is -2.25. The topological polar surface area (TPSA) is 85.3 Å². The van der Waals surface area contributed by atoms with E-state index in [9.17, 15) is 19.1 Å². The van der Waals surface area contributed by atoms with Gasteiger partial charge in [-0.25, -0.2) is 4.39 Å². The molecule has 3 rings (SSSR count). The van der Waals surface area contributed by atoms with Gasteiger partial charge in [0.2, 0.25) is 0 Å². The summed E-state index contributed by atoms with van der Waals surface area (Å²) in [5, 5.41) is 11.3. The third-order valence-corrected chi connectivity index (χ3v) is 5.30. The van der Waals surface area contributed by atoms with Crippen molar-refractivity contribution in [2.45, 2.75) is 6.04 Å². The highest BCUT2D eigenvalue weighted by atomic mass is 35.5. The highest BCUT2D eigenvalue weighted by Crippen LogP contribution is 2.43. The fourth-order valence-corrected chi connectivity index (χ4v) is 3.75. The van der Waals surface area contributed by atoms with Crippen LogP contribution in [0, 0.1) is 5.82 Å². The lowest BCUT2D eigenvalue weighted by atomic mass is 9.94. The van der Waals surface area contributed by atoms with Crippen molar-refractivity contribution in [3.8, 4) is 11.5 Å². The molecule has 1 N–H and O–H groups in total. The number of aliphatic hydroxyl groups is 1. The molecule has 0 aliphatic carbocycles. The molecule has 0 aromatic heterocycles. The Hall–Kier alpha value is -3.10. The molecule has 0 spiro atoms. The first-order valence-electron chi connectivity index (χ1n) is 9.29. The molecule has 1 heterocycles. The van der Waals surface area contributed by atoms with Crippen LogP contribution in [0.3, 0.4) is 0 Å². The molecule has 1 saturated heterocycles. The van der Waals surface area contributed by atoms with Crippen LogP contribution in [-0.2, 0) is 14.3 Å². The Morgan fingerprint density at radius 2 is 1.81 bits per heavy atom. The van der Waals surface area contributed by atoms with Crippen LogP contribution in [0.5, 0.6) is 11.5 Å². The van der Waals surface area contributed by atoms with E-state index in [0.29, 0.717) is 5.75 Å². The third kappa shape index (κ3) is 4.08. The van der Waals surface area contributed by atoms with E-state index < -0.39 is 29.3 Å². The Labute approximate surface area is 183 Å². The molecule has 9 heteroatoms.